The Bertz CT molecular complexity index is 796. The average Bonchev–Trinajstić information content (AvgIpc) is 2.87. The van der Waals surface area contributed by atoms with Crippen LogP contribution >= 0.6 is 0 Å². The summed E-state index contributed by atoms with van der Waals surface area (Å²) in [6.07, 6.45) is 1.92. The van der Waals surface area contributed by atoms with Gasteiger partial charge in [-0.1, -0.05) is 6.07 Å². The summed E-state index contributed by atoms with van der Waals surface area (Å²) in [5.74, 6) is 0.131. The Morgan fingerprint density at radius 3 is 2.74 bits per heavy atom. The van der Waals surface area contributed by atoms with Gasteiger partial charge in [-0.2, -0.15) is 0 Å². The van der Waals surface area contributed by atoms with Gasteiger partial charge < -0.3 is 14.6 Å². The van der Waals surface area contributed by atoms with Crippen LogP contribution in [-0.2, 0) is 21.9 Å². The third-order valence-electron chi connectivity index (χ3n) is 3.49. The number of carbonyl (C=O) groups excluding carboxylic acids is 1. The number of carbonyl (C=O) groups is 1. The smallest absolute Gasteiger partial charge is 0.257 e. The molecule has 2 rings (SSSR count). The molecule has 126 valence electrons. The predicted molar refractivity (Wildman–Crippen MR) is 88.9 cm³/mol. The summed E-state index contributed by atoms with van der Waals surface area (Å²) < 4.78 is 31.8. The van der Waals surface area contributed by atoms with Gasteiger partial charge in [-0.25, -0.2) is 12.7 Å². The second-order valence-electron chi connectivity index (χ2n) is 5.35. The van der Waals surface area contributed by atoms with Crippen molar-refractivity contribution in [3.63, 3.8) is 0 Å². The summed E-state index contributed by atoms with van der Waals surface area (Å²) in [6, 6.07) is 7.55. The first-order valence-corrected chi connectivity index (χ1v) is 8.76. The number of ether oxygens (including phenoxy) is 1. The zero-order chi connectivity index (χ0) is 17.0. The number of hydrogen-bond acceptors (Lipinski definition) is 4. The number of sulfonamides is 1. The van der Waals surface area contributed by atoms with Gasteiger partial charge in [0.25, 0.3) is 5.91 Å². The lowest BCUT2D eigenvalue weighted by Gasteiger charge is -2.12. The highest BCUT2D eigenvalue weighted by molar-refractivity contribution is 7.89. The molecule has 0 aliphatic rings. The summed E-state index contributed by atoms with van der Waals surface area (Å²) in [5.41, 5.74) is 1.01. The monoisotopic (exact) mass is 339 g/mol. The van der Waals surface area contributed by atoms with Crippen LogP contribution in [0.5, 0.6) is 5.75 Å². The Labute approximate surface area is 135 Å². The van der Waals surface area contributed by atoms with Crippen LogP contribution in [0.4, 0.5) is 0 Å². The summed E-state index contributed by atoms with van der Waals surface area (Å²) in [7, 11) is 1.54. The van der Waals surface area contributed by atoms with E-state index in [1.165, 1.54) is 14.1 Å². The first-order chi connectivity index (χ1) is 10.8. The number of rotatable bonds is 7. The van der Waals surface area contributed by atoms with E-state index in [0.717, 1.165) is 15.2 Å². The van der Waals surface area contributed by atoms with Crippen LogP contribution < -0.4 is 10.1 Å². The topological polar surface area (TPSA) is 80.6 Å². The Kier molecular flexibility index (Phi) is 5.27. The molecule has 1 amide bonds. The van der Waals surface area contributed by atoms with Crippen molar-refractivity contribution in [1.82, 2.24) is 14.2 Å². The number of nitrogens with zero attached hydrogens (tertiary/aromatic N) is 2. The van der Waals surface area contributed by atoms with Gasteiger partial charge in [0.1, 0.15) is 5.75 Å². The molecule has 0 bridgehead atoms. The molecule has 0 fully saturated rings. The fraction of sp³-hybridized carbons (Fsp3) is 0.400. The lowest BCUT2D eigenvalue weighted by molar-refractivity contribution is -0.122. The second kappa shape index (κ2) is 7.01. The largest absolute Gasteiger partial charge is 0.483 e. The Morgan fingerprint density at radius 1 is 1.30 bits per heavy atom. The number of nitrogens with one attached hydrogen (secondary N) is 1. The van der Waals surface area contributed by atoms with Crippen LogP contribution in [0.2, 0.25) is 0 Å². The molecule has 0 aliphatic carbocycles. The van der Waals surface area contributed by atoms with Crippen molar-refractivity contribution >= 4 is 26.8 Å². The van der Waals surface area contributed by atoms with E-state index in [9.17, 15) is 13.2 Å². The van der Waals surface area contributed by atoms with E-state index in [-0.39, 0.29) is 24.8 Å². The normalized spacial score (nSPS) is 11.8. The highest BCUT2D eigenvalue weighted by Crippen LogP contribution is 2.25. The van der Waals surface area contributed by atoms with Crippen molar-refractivity contribution in [3.8, 4) is 5.75 Å². The van der Waals surface area contributed by atoms with Crippen LogP contribution in [-0.4, -0.2) is 56.2 Å². The standard InChI is InChI=1S/C15H21N3O4S/c1-17(2)23(20,21)10-8-16-15(19)11-22-14-6-4-5-13-12(14)7-9-18(13)3/h4-7,9H,8,10-11H2,1-3H3,(H,16,19). The lowest BCUT2D eigenvalue weighted by Crippen LogP contribution is -2.36. The maximum absolute atomic E-state index is 11.8. The van der Waals surface area contributed by atoms with E-state index in [1.807, 2.05) is 36.0 Å². The highest BCUT2D eigenvalue weighted by Gasteiger charge is 2.14. The molecular weight excluding hydrogens is 318 g/mol. The molecule has 0 saturated carbocycles. The van der Waals surface area contributed by atoms with Crippen molar-refractivity contribution in [2.45, 2.75) is 0 Å². The van der Waals surface area contributed by atoms with E-state index < -0.39 is 10.0 Å². The maximum atomic E-state index is 11.8. The molecule has 0 spiro atoms. The van der Waals surface area contributed by atoms with Crippen molar-refractivity contribution in [2.75, 3.05) is 33.0 Å². The molecule has 8 heteroatoms. The van der Waals surface area contributed by atoms with Gasteiger partial charge >= 0.3 is 0 Å². The Morgan fingerprint density at radius 2 is 2.04 bits per heavy atom. The zero-order valence-corrected chi connectivity index (χ0v) is 14.3. The quantitative estimate of drug-likeness (QED) is 0.799. The number of fused-ring (bicyclic) bond motifs is 1. The van der Waals surface area contributed by atoms with Crippen molar-refractivity contribution in [3.05, 3.63) is 30.5 Å². The number of aryl methyl sites for hydroxylation is 1. The number of hydrogen-bond donors (Lipinski definition) is 1. The molecule has 7 nitrogen and oxygen atoms in total. The Balaban J connectivity index is 1.87. The van der Waals surface area contributed by atoms with Crippen LogP contribution in [0.1, 0.15) is 0 Å². The first kappa shape index (κ1) is 17.3. The van der Waals surface area contributed by atoms with E-state index in [2.05, 4.69) is 5.32 Å². The van der Waals surface area contributed by atoms with Crippen LogP contribution in [0.15, 0.2) is 30.5 Å². The minimum Gasteiger partial charge on any atom is -0.483 e. The molecule has 1 heterocycles. The molecule has 23 heavy (non-hydrogen) atoms. The van der Waals surface area contributed by atoms with Gasteiger partial charge in [-0.3, -0.25) is 4.79 Å². The maximum Gasteiger partial charge on any atom is 0.257 e. The van der Waals surface area contributed by atoms with Crippen LogP contribution in [0.3, 0.4) is 0 Å². The Hall–Kier alpha value is -2.06. The highest BCUT2D eigenvalue weighted by atomic mass is 32.2. The summed E-state index contributed by atoms with van der Waals surface area (Å²) in [5, 5.41) is 3.47. The second-order valence-corrected chi connectivity index (χ2v) is 7.65. The SMILES string of the molecule is CN(C)S(=O)(=O)CCNC(=O)COc1cccc2c1ccn2C. The van der Waals surface area contributed by atoms with Gasteiger partial charge in [-0.05, 0) is 18.2 Å². The van der Waals surface area contributed by atoms with Gasteiger partial charge in [0.05, 0.1) is 11.3 Å². The summed E-state index contributed by atoms with van der Waals surface area (Å²) in [4.78, 5) is 11.8. The van der Waals surface area contributed by atoms with E-state index in [4.69, 9.17) is 4.74 Å². The molecule has 1 aromatic carbocycles. The minimum absolute atomic E-state index is 0.0538. The molecule has 0 aliphatic heterocycles. The van der Waals surface area contributed by atoms with Gasteiger partial charge in [-0.15, -0.1) is 0 Å². The van der Waals surface area contributed by atoms with Crippen molar-refractivity contribution in [2.24, 2.45) is 7.05 Å². The summed E-state index contributed by atoms with van der Waals surface area (Å²) in [6.45, 7) is -0.103. The van der Waals surface area contributed by atoms with E-state index in [0.29, 0.717) is 5.75 Å². The minimum atomic E-state index is -3.31. The molecule has 0 unspecified atom stereocenters. The third-order valence-corrected chi connectivity index (χ3v) is 5.32. The van der Waals surface area contributed by atoms with Gasteiger partial charge in [0.2, 0.25) is 10.0 Å². The predicted octanol–water partition coefficient (Wildman–Crippen LogP) is 0.565. The molecule has 1 N–H and O–H groups in total. The van der Waals surface area contributed by atoms with Crippen molar-refractivity contribution < 1.29 is 17.9 Å². The zero-order valence-electron chi connectivity index (χ0n) is 13.4. The summed E-state index contributed by atoms with van der Waals surface area (Å²) >= 11 is 0. The molecule has 0 saturated heterocycles. The first-order valence-electron chi connectivity index (χ1n) is 7.15. The van der Waals surface area contributed by atoms with E-state index in [1.54, 1.807) is 6.07 Å². The lowest BCUT2D eigenvalue weighted by atomic mass is 10.2. The van der Waals surface area contributed by atoms with Crippen molar-refractivity contribution in [1.29, 1.82) is 0 Å². The molecule has 2 aromatic rings. The van der Waals surface area contributed by atoms with Crippen LogP contribution in [0.25, 0.3) is 10.9 Å². The van der Waals surface area contributed by atoms with Gasteiger partial charge in [0, 0.05) is 39.3 Å². The molecule has 0 radical (unpaired) electrons. The fourth-order valence-corrected chi connectivity index (χ4v) is 2.82. The average molecular weight is 339 g/mol. The number of amides is 1. The van der Waals surface area contributed by atoms with Gasteiger partial charge in [0.15, 0.2) is 6.61 Å². The molecular formula is C15H21N3O4S. The van der Waals surface area contributed by atoms with Crippen LogP contribution in [0, 0.1) is 0 Å². The molecule has 1 aromatic heterocycles. The van der Waals surface area contributed by atoms with E-state index >= 15 is 0 Å². The number of aromatic nitrogens is 1. The molecule has 0 atom stereocenters. The fourth-order valence-electron chi connectivity index (χ4n) is 2.10. The number of benzene rings is 1. The third kappa shape index (κ3) is 4.23.